The highest BCUT2D eigenvalue weighted by Gasteiger charge is 2.37. The normalized spacial score (nSPS) is 23.8. The van der Waals surface area contributed by atoms with Crippen molar-refractivity contribution >= 4 is 29.2 Å². The molecule has 1 aromatic rings. The second-order valence-corrected chi connectivity index (χ2v) is 6.42. The van der Waals surface area contributed by atoms with Crippen molar-refractivity contribution in [1.82, 2.24) is 4.90 Å². The Labute approximate surface area is 127 Å². The van der Waals surface area contributed by atoms with Gasteiger partial charge in [0.1, 0.15) is 5.75 Å². The molecule has 1 aromatic carbocycles. The fourth-order valence-electron chi connectivity index (χ4n) is 2.63. The highest BCUT2D eigenvalue weighted by atomic mass is 35.5. The minimum atomic E-state index is -0.782. The minimum Gasteiger partial charge on any atom is -0.506 e. The summed E-state index contributed by atoms with van der Waals surface area (Å²) < 4.78 is 0. The van der Waals surface area contributed by atoms with Crippen molar-refractivity contribution in [1.29, 1.82) is 0 Å². The van der Waals surface area contributed by atoms with E-state index >= 15 is 0 Å². The maximum absolute atomic E-state index is 11.3. The van der Waals surface area contributed by atoms with Crippen LogP contribution >= 0.6 is 23.2 Å². The van der Waals surface area contributed by atoms with E-state index in [0.717, 1.165) is 13.0 Å². The Morgan fingerprint density at radius 3 is 2.80 bits per heavy atom. The Balaban J connectivity index is 2.16. The number of carboxylic acid groups (broad SMARTS) is 1. The van der Waals surface area contributed by atoms with E-state index in [1.54, 1.807) is 13.0 Å². The molecule has 0 bridgehead atoms. The van der Waals surface area contributed by atoms with Gasteiger partial charge in [-0.25, -0.2) is 0 Å². The van der Waals surface area contributed by atoms with Crippen molar-refractivity contribution in [3.8, 4) is 5.75 Å². The second kappa shape index (κ2) is 5.80. The Morgan fingerprint density at radius 2 is 2.15 bits per heavy atom. The van der Waals surface area contributed by atoms with Gasteiger partial charge >= 0.3 is 5.97 Å². The van der Waals surface area contributed by atoms with Crippen LogP contribution in [0, 0.1) is 5.41 Å². The average Bonchev–Trinajstić information content (AvgIpc) is 2.35. The Kier molecular flexibility index (Phi) is 4.47. The molecule has 1 atom stereocenters. The number of rotatable bonds is 3. The van der Waals surface area contributed by atoms with Crippen LogP contribution in [0.5, 0.6) is 5.75 Å². The number of likely N-dealkylation sites (tertiary alicyclic amines) is 1. The number of nitrogens with zero attached hydrogens (tertiary/aromatic N) is 1. The summed E-state index contributed by atoms with van der Waals surface area (Å²) in [6, 6.07) is 3.15. The number of aliphatic carboxylic acids is 1. The van der Waals surface area contributed by atoms with Gasteiger partial charge < -0.3 is 10.2 Å². The van der Waals surface area contributed by atoms with Crippen LogP contribution in [-0.2, 0) is 11.3 Å². The molecule has 0 spiro atoms. The first-order chi connectivity index (χ1) is 9.32. The van der Waals surface area contributed by atoms with Crippen molar-refractivity contribution in [3.63, 3.8) is 0 Å². The molecule has 0 aromatic heterocycles. The molecule has 0 saturated carbocycles. The number of hydrogen-bond acceptors (Lipinski definition) is 3. The minimum absolute atomic E-state index is 0.0127. The number of benzene rings is 1. The molecule has 0 amide bonds. The smallest absolute Gasteiger partial charge is 0.310 e. The molecule has 1 heterocycles. The fraction of sp³-hybridized carbons (Fsp3) is 0.500. The van der Waals surface area contributed by atoms with Gasteiger partial charge in [-0.2, -0.15) is 0 Å². The van der Waals surface area contributed by atoms with E-state index in [4.69, 9.17) is 23.2 Å². The Hall–Kier alpha value is -0.970. The third kappa shape index (κ3) is 3.19. The van der Waals surface area contributed by atoms with E-state index in [2.05, 4.69) is 0 Å². The number of carbonyl (C=O) groups is 1. The van der Waals surface area contributed by atoms with Crippen LogP contribution in [0.2, 0.25) is 10.0 Å². The predicted octanol–water partition coefficient (Wildman–Crippen LogP) is 3.39. The molecule has 1 aliphatic heterocycles. The zero-order valence-corrected chi connectivity index (χ0v) is 12.7. The van der Waals surface area contributed by atoms with Crippen LogP contribution in [0.4, 0.5) is 0 Å². The van der Waals surface area contributed by atoms with E-state index in [0.29, 0.717) is 30.1 Å². The predicted molar refractivity (Wildman–Crippen MR) is 78.4 cm³/mol. The molecule has 0 aliphatic carbocycles. The fourth-order valence-corrected chi connectivity index (χ4v) is 3.17. The largest absolute Gasteiger partial charge is 0.506 e. The zero-order valence-electron chi connectivity index (χ0n) is 11.2. The lowest BCUT2D eigenvalue weighted by Crippen LogP contribution is -2.45. The van der Waals surface area contributed by atoms with Crippen LogP contribution < -0.4 is 0 Å². The Morgan fingerprint density at radius 1 is 1.45 bits per heavy atom. The maximum Gasteiger partial charge on any atom is 0.310 e. The molecule has 2 rings (SSSR count). The number of phenols is 1. The van der Waals surface area contributed by atoms with Gasteiger partial charge in [-0.1, -0.05) is 23.2 Å². The molecular formula is C14H17Cl2NO3. The third-order valence-electron chi connectivity index (χ3n) is 3.79. The molecular weight excluding hydrogens is 301 g/mol. The van der Waals surface area contributed by atoms with Gasteiger partial charge in [0.2, 0.25) is 0 Å². The van der Waals surface area contributed by atoms with Gasteiger partial charge in [0.05, 0.1) is 10.4 Å². The van der Waals surface area contributed by atoms with Crippen LogP contribution in [0.1, 0.15) is 25.3 Å². The number of halogens is 2. The van der Waals surface area contributed by atoms with Crippen LogP contribution in [-0.4, -0.2) is 34.2 Å². The van der Waals surface area contributed by atoms with E-state index in [-0.39, 0.29) is 10.8 Å². The number of phenolic OH excluding ortho intramolecular Hbond substituents is 1. The highest BCUT2D eigenvalue weighted by molar-refractivity contribution is 6.35. The van der Waals surface area contributed by atoms with Gasteiger partial charge in [-0.05, 0) is 38.4 Å². The van der Waals surface area contributed by atoms with Gasteiger partial charge in [-0.3, -0.25) is 9.69 Å². The van der Waals surface area contributed by atoms with Crippen LogP contribution in [0.25, 0.3) is 0 Å². The van der Waals surface area contributed by atoms with Gasteiger partial charge in [0.25, 0.3) is 0 Å². The van der Waals surface area contributed by atoms with Crippen molar-refractivity contribution < 1.29 is 15.0 Å². The average molecular weight is 318 g/mol. The van der Waals surface area contributed by atoms with Crippen LogP contribution in [0.15, 0.2) is 12.1 Å². The quantitative estimate of drug-likeness (QED) is 0.897. The van der Waals surface area contributed by atoms with Crippen molar-refractivity contribution in [2.24, 2.45) is 5.41 Å². The van der Waals surface area contributed by atoms with Crippen molar-refractivity contribution in [3.05, 3.63) is 27.7 Å². The number of carboxylic acids is 1. The van der Waals surface area contributed by atoms with E-state index in [1.807, 2.05) is 4.90 Å². The molecule has 6 heteroatoms. The van der Waals surface area contributed by atoms with Gasteiger partial charge in [0, 0.05) is 23.7 Å². The molecule has 2 N–H and O–H groups in total. The lowest BCUT2D eigenvalue weighted by atomic mass is 9.82. The molecule has 1 saturated heterocycles. The summed E-state index contributed by atoms with van der Waals surface area (Å²) in [5.41, 5.74) is -0.117. The topological polar surface area (TPSA) is 60.8 Å². The second-order valence-electron chi connectivity index (χ2n) is 5.58. The SMILES string of the molecule is CC1(C(=O)O)CCCN(Cc2cc(Cl)cc(Cl)c2O)C1. The van der Waals surface area contributed by atoms with E-state index in [1.165, 1.54) is 6.07 Å². The first-order valence-corrected chi connectivity index (χ1v) is 7.20. The molecule has 1 fully saturated rings. The molecule has 110 valence electrons. The summed E-state index contributed by atoms with van der Waals surface area (Å²) in [4.78, 5) is 13.3. The van der Waals surface area contributed by atoms with E-state index in [9.17, 15) is 15.0 Å². The number of piperidine rings is 1. The highest BCUT2D eigenvalue weighted by Crippen LogP contribution is 2.35. The van der Waals surface area contributed by atoms with Crippen LogP contribution in [0.3, 0.4) is 0 Å². The lowest BCUT2D eigenvalue weighted by molar-refractivity contribution is -0.151. The molecule has 0 radical (unpaired) electrons. The number of hydrogen-bond donors (Lipinski definition) is 2. The summed E-state index contributed by atoms with van der Waals surface area (Å²) in [5.74, 6) is -0.769. The zero-order chi connectivity index (χ0) is 14.9. The summed E-state index contributed by atoms with van der Waals surface area (Å²) in [5, 5.41) is 19.9. The van der Waals surface area contributed by atoms with Gasteiger partial charge in [0.15, 0.2) is 0 Å². The van der Waals surface area contributed by atoms with E-state index < -0.39 is 11.4 Å². The van der Waals surface area contributed by atoms with Crippen molar-refractivity contribution in [2.45, 2.75) is 26.3 Å². The lowest BCUT2D eigenvalue weighted by Gasteiger charge is -2.37. The summed E-state index contributed by atoms with van der Waals surface area (Å²) in [6.45, 7) is 3.44. The first-order valence-electron chi connectivity index (χ1n) is 6.44. The third-order valence-corrected chi connectivity index (χ3v) is 4.30. The Bertz CT molecular complexity index is 535. The molecule has 20 heavy (non-hydrogen) atoms. The first kappa shape index (κ1) is 15.4. The molecule has 1 aliphatic rings. The summed E-state index contributed by atoms with van der Waals surface area (Å²) >= 11 is 11.8. The molecule has 4 nitrogen and oxygen atoms in total. The maximum atomic E-state index is 11.3. The monoisotopic (exact) mass is 317 g/mol. The number of aromatic hydroxyl groups is 1. The summed E-state index contributed by atoms with van der Waals surface area (Å²) in [6.07, 6.45) is 1.49. The molecule has 1 unspecified atom stereocenters. The van der Waals surface area contributed by atoms with Gasteiger partial charge in [-0.15, -0.1) is 0 Å². The van der Waals surface area contributed by atoms with Crippen molar-refractivity contribution in [2.75, 3.05) is 13.1 Å². The standard InChI is InChI=1S/C14H17Cl2NO3/c1-14(13(19)20)3-2-4-17(8-14)7-9-5-10(15)6-11(16)12(9)18/h5-6,18H,2-4,7-8H2,1H3,(H,19,20). The summed E-state index contributed by atoms with van der Waals surface area (Å²) in [7, 11) is 0.